The molecule has 0 aliphatic heterocycles. The van der Waals surface area contributed by atoms with E-state index in [1.165, 1.54) is 27.7 Å². The second-order valence-electron chi connectivity index (χ2n) is 11.9. The molecule has 5 heteroatoms. The molecule has 242 valence electrons. The molecule has 0 fully saturated rings. The van der Waals surface area contributed by atoms with Crippen LogP contribution in [0.15, 0.2) is 140 Å². The Balaban J connectivity index is 0.000000194. The number of hydrogen-bond acceptors (Lipinski definition) is 4. The summed E-state index contributed by atoms with van der Waals surface area (Å²) in [6.45, 7) is 13.1. The first-order chi connectivity index (χ1) is 23.3. The third-order valence-electron chi connectivity index (χ3n) is 8.86. The van der Waals surface area contributed by atoms with Crippen LogP contribution in [0.25, 0.3) is 22.3 Å². The maximum absolute atomic E-state index is 8.30. The number of anilines is 2. The van der Waals surface area contributed by atoms with Gasteiger partial charge >= 0.3 is 0 Å². The Labute approximate surface area is 285 Å². The first-order valence-corrected chi connectivity index (χ1v) is 16.5. The Bertz CT molecular complexity index is 2040. The molecule has 0 radical (unpaired) electrons. The average Bonchev–Trinajstić information content (AvgIpc) is 3.40. The van der Waals surface area contributed by atoms with Gasteiger partial charge in [0.15, 0.2) is 0 Å². The lowest BCUT2D eigenvalue weighted by Gasteiger charge is -2.32. The zero-order valence-electron chi connectivity index (χ0n) is 28.4. The number of hydrogen-bond donors (Lipinski definition) is 3. The van der Waals surface area contributed by atoms with Crippen molar-refractivity contribution in [1.82, 2.24) is 4.57 Å². The molecule has 0 saturated carbocycles. The Morgan fingerprint density at radius 1 is 0.833 bits per heavy atom. The van der Waals surface area contributed by atoms with Crippen LogP contribution in [0.3, 0.4) is 0 Å². The minimum Gasteiger partial charge on any atom is -0.399 e. The van der Waals surface area contributed by atoms with Crippen molar-refractivity contribution >= 4 is 39.4 Å². The molecule has 1 aliphatic rings. The SMILES string of the molecule is C/C=C\Cc1c(C)n(-c2ccc(N)cc2)c2ccccc12.C=CC(C)c1ccccc1N(C/C=C\C)C1=CC(=N)C(=N)c2ccccc21. The van der Waals surface area contributed by atoms with Crippen molar-refractivity contribution in [3.63, 3.8) is 0 Å². The maximum Gasteiger partial charge on any atom is 0.0869 e. The fourth-order valence-corrected chi connectivity index (χ4v) is 6.25. The standard InChI is InChI=1S/C24H25N3.C19H20N2/c1-4-6-15-27(22-14-10-9-11-18(22)17(3)5-2)23-16-21(25)24(26)20-13-8-7-12-19(20)23;1-3-4-7-17-14(2)21(16-12-10-15(20)11-13-16)19-9-6-5-8-18(17)19/h4-14,16-17,25-26H,2,15H2,1,3H3;3-6,8-13H,7,20H2,1-2H3/b6-4-,25-21?,26-24?;4-3-. The molecule has 6 rings (SSSR count). The number of nitrogens with one attached hydrogen (secondary N) is 2. The zero-order valence-corrected chi connectivity index (χ0v) is 28.4. The molecule has 1 aliphatic carbocycles. The second-order valence-corrected chi connectivity index (χ2v) is 11.9. The third-order valence-corrected chi connectivity index (χ3v) is 8.86. The lowest BCUT2D eigenvalue weighted by molar-refractivity contribution is 0.951. The second kappa shape index (κ2) is 15.3. The van der Waals surface area contributed by atoms with E-state index >= 15 is 0 Å². The number of para-hydroxylation sites is 2. The van der Waals surface area contributed by atoms with Crippen LogP contribution in [0, 0.1) is 17.7 Å². The topological polar surface area (TPSA) is 81.9 Å². The van der Waals surface area contributed by atoms with E-state index in [1.807, 2.05) is 73.7 Å². The highest BCUT2D eigenvalue weighted by Gasteiger charge is 2.25. The molecule has 4 N–H and O–H groups in total. The summed E-state index contributed by atoms with van der Waals surface area (Å²) in [5.74, 6) is 0.214. The first kappa shape index (κ1) is 33.7. The largest absolute Gasteiger partial charge is 0.399 e. The van der Waals surface area contributed by atoms with Gasteiger partial charge in [-0.05, 0) is 80.8 Å². The predicted octanol–water partition coefficient (Wildman–Crippen LogP) is 10.4. The number of aromatic nitrogens is 1. The van der Waals surface area contributed by atoms with Crippen molar-refractivity contribution in [2.45, 2.75) is 40.0 Å². The van der Waals surface area contributed by atoms with E-state index in [4.69, 9.17) is 16.6 Å². The number of rotatable bonds is 9. The highest BCUT2D eigenvalue weighted by molar-refractivity contribution is 6.53. The van der Waals surface area contributed by atoms with E-state index < -0.39 is 0 Å². The monoisotopic (exact) mass is 631 g/mol. The molecule has 1 heterocycles. The average molecular weight is 632 g/mol. The Hall–Kier alpha value is -5.68. The summed E-state index contributed by atoms with van der Waals surface area (Å²) >= 11 is 0. The van der Waals surface area contributed by atoms with Gasteiger partial charge in [-0.15, -0.1) is 6.58 Å². The predicted molar refractivity (Wildman–Crippen MR) is 207 cm³/mol. The lowest BCUT2D eigenvalue weighted by atomic mass is 9.90. The molecule has 0 bridgehead atoms. The van der Waals surface area contributed by atoms with Crippen LogP contribution in [0.5, 0.6) is 0 Å². The van der Waals surface area contributed by atoms with Crippen molar-refractivity contribution in [1.29, 1.82) is 10.8 Å². The Morgan fingerprint density at radius 3 is 2.19 bits per heavy atom. The van der Waals surface area contributed by atoms with E-state index in [2.05, 4.69) is 104 Å². The summed E-state index contributed by atoms with van der Waals surface area (Å²) in [4.78, 5) is 2.23. The summed E-state index contributed by atoms with van der Waals surface area (Å²) in [6.07, 6.45) is 13.2. The van der Waals surface area contributed by atoms with Gasteiger partial charge in [0.2, 0.25) is 0 Å². The maximum atomic E-state index is 8.30. The normalized spacial score (nSPS) is 13.3. The molecule has 0 saturated heterocycles. The Kier molecular flexibility index (Phi) is 10.7. The third kappa shape index (κ3) is 6.86. The quantitative estimate of drug-likeness (QED) is 0.112. The van der Waals surface area contributed by atoms with E-state index in [1.54, 1.807) is 0 Å². The molecular formula is C43H45N5. The van der Waals surface area contributed by atoms with Gasteiger partial charge in [-0.25, -0.2) is 0 Å². The fourth-order valence-electron chi connectivity index (χ4n) is 6.25. The van der Waals surface area contributed by atoms with Crippen molar-refractivity contribution < 1.29 is 0 Å². The minimum absolute atomic E-state index is 0.214. The van der Waals surface area contributed by atoms with E-state index in [0.29, 0.717) is 6.54 Å². The molecule has 48 heavy (non-hydrogen) atoms. The fraction of sp³-hybridized carbons (Fsp3) is 0.163. The highest BCUT2D eigenvalue weighted by Crippen LogP contribution is 2.36. The van der Waals surface area contributed by atoms with Gasteiger partial charge in [-0.1, -0.05) is 98.0 Å². The molecule has 1 atom stereocenters. The lowest BCUT2D eigenvalue weighted by Crippen LogP contribution is -2.29. The zero-order chi connectivity index (χ0) is 34.2. The van der Waals surface area contributed by atoms with E-state index in [0.717, 1.165) is 40.3 Å². The smallest absolute Gasteiger partial charge is 0.0869 e. The summed E-state index contributed by atoms with van der Waals surface area (Å²) in [5, 5.41) is 17.9. The summed E-state index contributed by atoms with van der Waals surface area (Å²) < 4.78 is 2.31. The van der Waals surface area contributed by atoms with Gasteiger partial charge in [0, 0.05) is 51.7 Å². The molecule has 1 unspecified atom stereocenters. The molecule has 5 nitrogen and oxygen atoms in total. The molecule has 0 spiro atoms. The van der Waals surface area contributed by atoms with Crippen molar-refractivity contribution in [2.24, 2.45) is 0 Å². The van der Waals surface area contributed by atoms with Crippen molar-refractivity contribution in [3.05, 3.63) is 168 Å². The molecule has 5 aromatic rings. The van der Waals surface area contributed by atoms with Crippen LogP contribution >= 0.6 is 0 Å². The van der Waals surface area contributed by atoms with Crippen LogP contribution < -0.4 is 10.6 Å². The molecule has 0 amide bonds. The van der Waals surface area contributed by atoms with Crippen LogP contribution in [0.1, 0.15) is 54.6 Å². The summed E-state index contributed by atoms with van der Waals surface area (Å²) in [5.41, 5.74) is 17.2. The highest BCUT2D eigenvalue weighted by atomic mass is 15.1. The molecule has 1 aromatic heterocycles. The van der Waals surface area contributed by atoms with Gasteiger partial charge in [-0.2, -0.15) is 0 Å². The van der Waals surface area contributed by atoms with Crippen molar-refractivity contribution in [3.8, 4) is 5.69 Å². The number of allylic oxidation sites excluding steroid dienone is 5. The summed E-state index contributed by atoms with van der Waals surface area (Å²) in [7, 11) is 0. The molecule has 4 aromatic carbocycles. The van der Waals surface area contributed by atoms with Gasteiger partial charge < -0.3 is 15.2 Å². The Morgan fingerprint density at radius 2 is 1.48 bits per heavy atom. The van der Waals surface area contributed by atoms with Crippen LogP contribution in [-0.4, -0.2) is 22.5 Å². The summed E-state index contributed by atoms with van der Waals surface area (Å²) in [6, 6.07) is 32.8. The van der Waals surface area contributed by atoms with E-state index in [-0.39, 0.29) is 17.3 Å². The number of nitrogens with two attached hydrogens (primary N) is 1. The number of nitrogen functional groups attached to an aromatic ring is 1. The van der Waals surface area contributed by atoms with Crippen LogP contribution in [0.4, 0.5) is 11.4 Å². The van der Waals surface area contributed by atoms with Gasteiger partial charge in [0.05, 0.1) is 22.6 Å². The number of nitrogens with zero attached hydrogens (tertiary/aromatic N) is 2. The van der Waals surface area contributed by atoms with Gasteiger partial charge in [0.1, 0.15) is 0 Å². The van der Waals surface area contributed by atoms with E-state index in [9.17, 15) is 0 Å². The van der Waals surface area contributed by atoms with Crippen LogP contribution in [-0.2, 0) is 6.42 Å². The van der Waals surface area contributed by atoms with Crippen molar-refractivity contribution in [2.75, 3.05) is 17.2 Å². The number of fused-ring (bicyclic) bond motifs is 2. The first-order valence-electron chi connectivity index (χ1n) is 16.5. The van der Waals surface area contributed by atoms with Gasteiger partial charge in [0.25, 0.3) is 0 Å². The minimum atomic E-state index is 0.214. The number of benzene rings is 4. The molecular weight excluding hydrogens is 587 g/mol. The van der Waals surface area contributed by atoms with Crippen LogP contribution in [0.2, 0.25) is 0 Å². The van der Waals surface area contributed by atoms with Gasteiger partial charge in [-0.3, -0.25) is 10.8 Å².